The summed E-state index contributed by atoms with van der Waals surface area (Å²) in [4.78, 5) is 10.7. The molecule has 114 valence electrons. The standard InChI is InChI=1S/C17H24N2O2/c1-11-5-6-13(19(20)21)9-14(11)18-15-16(2,3)12-7-8-17(15,4)10-12/h5-6,9,12,15,18H,7-8,10H2,1-4H3. The van der Waals surface area contributed by atoms with Crippen molar-refractivity contribution >= 4 is 11.4 Å². The van der Waals surface area contributed by atoms with Gasteiger partial charge in [0.05, 0.1) is 4.92 Å². The largest absolute Gasteiger partial charge is 0.381 e. The van der Waals surface area contributed by atoms with E-state index < -0.39 is 0 Å². The summed E-state index contributed by atoms with van der Waals surface area (Å²) in [5.41, 5.74) is 2.70. The number of nitro benzene ring substituents is 1. The van der Waals surface area contributed by atoms with Crippen molar-refractivity contribution in [2.75, 3.05) is 5.32 Å². The number of non-ortho nitro benzene ring substituents is 1. The van der Waals surface area contributed by atoms with E-state index in [1.807, 2.05) is 13.0 Å². The third-order valence-corrected chi connectivity index (χ3v) is 6.00. The van der Waals surface area contributed by atoms with Crippen LogP contribution in [0.3, 0.4) is 0 Å². The summed E-state index contributed by atoms with van der Waals surface area (Å²) in [6.07, 6.45) is 3.84. The van der Waals surface area contributed by atoms with Crippen LogP contribution in [0.5, 0.6) is 0 Å². The minimum absolute atomic E-state index is 0.161. The molecule has 0 aromatic heterocycles. The monoisotopic (exact) mass is 288 g/mol. The van der Waals surface area contributed by atoms with Gasteiger partial charge in [-0.2, -0.15) is 0 Å². The number of aryl methyl sites for hydroxylation is 1. The molecule has 4 heteroatoms. The van der Waals surface area contributed by atoms with Gasteiger partial charge >= 0.3 is 0 Å². The SMILES string of the molecule is Cc1ccc([N+](=O)[O-])cc1NC1C2(C)CCC(C2)C1(C)C. The van der Waals surface area contributed by atoms with E-state index in [1.54, 1.807) is 12.1 Å². The molecule has 2 aliphatic carbocycles. The van der Waals surface area contributed by atoms with E-state index in [0.717, 1.165) is 17.2 Å². The molecule has 1 aromatic carbocycles. The van der Waals surface area contributed by atoms with Gasteiger partial charge in [0.1, 0.15) is 0 Å². The molecule has 3 atom stereocenters. The van der Waals surface area contributed by atoms with E-state index >= 15 is 0 Å². The fourth-order valence-corrected chi connectivity index (χ4v) is 4.70. The lowest BCUT2D eigenvalue weighted by molar-refractivity contribution is -0.384. The van der Waals surface area contributed by atoms with E-state index in [9.17, 15) is 10.1 Å². The molecule has 2 bridgehead atoms. The smallest absolute Gasteiger partial charge is 0.271 e. The minimum atomic E-state index is -0.321. The van der Waals surface area contributed by atoms with E-state index in [1.165, 1.54) is 19.3 Å². The molecular formula is C17H24N2O2. The van der Waals surface area contributed by atoms with Gasteiger partial charge in [0.15, 0.2) is 0 Å². The maximum absolute atomic E-state index is 11.0. The zero-order valence-corrected chi connectivity index (χ0v) is 13.3. The summed E-state index contributed by atoms with van der Waals surface area (Å²) < 4.78 is 0. The van der Waals surface area contributed by atoms with Crippen LogP contribution >= 0.6 is 0 Å². The van der Waals surface area contributed by atoms with Crippen molar-refractivity contribution in [2.24, 2.45) is 16.7 Å². The number of nitrogens with zero attached hydrogens (tertiary/aromatic N) is 1. The van der Waals surface area contributed by atoms with Crippen LogP contribution in [0.15, 0.2) is 18.2 Å². The number of nitrogens with one attached hydrogen (secondary N) is 1. The first-order valence-corrected chi connectivity index (χ1v) is 7.76. The van der Waals surface area contributed by atoms with Crippen LogP contribution in [0.4, 0.5) is 11.4 Å². The maximum atomic E-state index is 11.0. The average Bonchev–Trinajstić information content (AvgIpc) is 2.87. The molecule has 21 heavy (non-hydrogen) atoms. The van der Waals surface area contributed by atoms with Crippen molar-refractivity contribution < 1.29 is 4.92 Å². The van der Waals surface area contributed by atoms with Gasteiger partial charge in [0.25, 0.3) is 5.69 Å². The third-order valence-electron chi connectivity index (χ3n) is 6.00. The highest BCUT2D eigenvalue weighted by molar-refractivity contribution is 5.58. The molecule has 4 nitrogen and oxygen atoms in total. The van der Waals surface area contributed by atoms with Gasteiger partial charge in [-0.3, -0.25) is 10.1 Å². The van der Waals surface area contributed by atoms with Crippen LogP contribution in [0, 0.1) is 33.8 Å². The number of benzene rings is 1. The summed E-state index contributed by atoms with van der Waals surface area (Å²) in [7, 11) is 0. The van der Waals surface area contributed by atoms with Crippen molar-refractivity contribution in [1.82, 2.24) is 0 Å². The lowest BCUT2D eigenvalue weighted by Gasteiger charge is -2.43. The number of anilines is 1. The van der Waals surface area contributed by atoms with Crippen LogP contribution in [-0.4, -0.2) is 11.0 Å². The van der Waals surface area contributed by atoms with E-state index in [2.05, 4.69) is 26.1 Å². The number of rotatable bonds is 3. The Morgan fingerprint density at radius 2 is 2.05 bits per heavy atom. The molecule has 0 radical (unpaired) electrons. The normalized spacial score (nSPS) is 33.1. The fraction of sp³-hybridized carbons (Fsp3) is 0.647. The molecule has 1 N–H and O–H groups in total. The predicted octanol–water partition coefficient (Wildman–Crippen LogP) is 4.53. The molecule has 2 fully saturated rings. The Balaban J connectivity index is 1.93. The summed E-state index contributed by atoms with van der Waals surface area (Å²) >= 11 is 0. The fourth-order valence-electron chi connectivity index (χ4n) is 4.70. The Morgan fingerprint density at radius 3 is 2.62 bits per heavy atom. The van der Waals surface area contributed by atoms with Gasteiger partial charge in [0, 0.05) is 23.9 Å². The molecule has 2 aliphatic rings. The van der Waals surface area contributed by atoms with Crippen LogP contribution in [0.1, 0.15) is 45.6 Å². The van der Waals surface area contributed by atoms with Gasteiger partial charge in [-0.25, -0.2) is 0 Å². The van der Waals surface area contributed by atoms with Crippen molar-refractivity contribution in [2.45, 2.75) is 53.0 Å². The highest BCUT2D eigenvalue weighted by atomic mass is 16.6. The number of fused-ring (bicyclic) bond motifs is 2. The molecule has 0 aliphatic heterocycles. The van der Waals surface area contributed by atoms with Gasteiger partial charge in [0.2, 0.25) is 0 Å². The highest BCUT2D eigenvalue weighted by Gasteiger charge is 2.59. The van der Waals surface area contributed by atoms with E-state index in [-0.39, 0.29) is 16.0 Å². The number of nitro groups is 1. The first-order valence-electron chi connectivity index (χ1n) is 7.76. The Kier molecular flexibility index (Phi) is 3.05. The van der Waals surface area contributed by atoms with Crippen LogP contribution < -0.4 is 5.32 Å². The minimum Gasteiger partial charge on any atom is -0.381 e. The Hall–Kier alpha value is -1.58. The maximum Gasteiger partial charge on any atom is 0.271 e. The Bertz CT molecular complexity index is 592. The summed E-state index contributed by atoms with van der Waals surface area (Å²) in [5, 5.41) is 14.7. The first kappa shape index (κ1) is 14.4. The molecule has 1 aromatic rings. The third kappa shape index (κ3) is 2.12. The van der Waals surface area contributed by atoms with E-state index in [0.29, 0.717) is 11.5 Å². The molecule has 0 spiro atoms. The zero-order chi connectivity index (χ0) is 15.4. The first-order chi connectivity index (χ1) is 9.74. The number of hydrogen-bond acceptors (Lipinski definition) is 3. The topological polar surface area (TPSA) is 55.2 Å². The molecule has 0 amide bonds. The highest BCUT2D eigenvalue weighted by Crippen LogP contribution is 2.63. The van der Waals surface area contributed by atoms with Crippen LogP contribution in [-0.2, 0) is 0 Å². The molecule has 3 unspecified atom stereocenters. The quantitative estimate of drug-likeness (QED) is 0.656. The molecule has 0 heterocycles. The van der Waals surface area contributed by atoms with Crippen molar-refractivity contribution in [3.05, 3.63) is 33.9 Å². The van der Waals surface area contributed by atoms with Crippen LogP contribution in [0.2, 0.25) is 0 Å². The van der Waals surface area contributed by atoms with Crippen LogP contribution in [0.25, 0.3) is 0 Å². The van der Waals surface area contributed by atoms with Gasteiger partial charge in [-0.1, -0.05) is 26.8 Å². The second-order valence-corrected chi connectivity index (χ2v) is 7.75. The Morgan fingerprint density at radius 1 is 1.33 bits per heavy atom. The zero-order valence-electron chi connectivity index (χ0n) is 13.3. The number of hydrogen-bond donors (Lipinski definition) is 1. The summed E-state index contributed by atoms with van der Waals surface area (Å²) in [6, 6.07) is 5.47. The molecular weight excluding hydrogens is 264 g/mol. The van der Waals surface area contributed by atoms with Crippen molar-refractivity contribution in [3.63, 3.8) is 0 Å². The van der Waals surface area contributed by atoms with E-state index in [4.69, 9.17) is 0 Å². The average molecular weight is 288 g/mol. The summed E-state index contributed by atoms with van der Waals surface area (Å²) in [6.45, 7) is 9.06. The molecule has 0 saturated heterocycles. The lowest BCUT2D eigenvalue weighted by Crippen LogP contribution is -2.45. The predicted molar refractivity (Wildman–Crippen MR) is 84.5 cm³/mol. The van der Waals surface area contributed by atoms with Gasteiger partial charge < -0.3 is 5.32 Å². The van der Waals surface area contributed by atoms with Crippen molar-refractivity contribution in [3.8, 4) is 0 Å². The summed E-state index contributed by atoms with van der Waals surface area (Å²) in [5.74, 6) is 0.763. The molecule has 2 saturated carbocycles. The van der Waals surface area contributed by atoms with Gasteiger partial charge in [-0.05, 0) is 48.5 Å². The lowest BCUT2D eigenvalue weighted by atomic mass is 9.68. The van der Waals surface area contributed by atoms with Crippen molar-refractivity contribution in [1.29, 1.82) is 0 Å². The van der Waals surface area contributed by atoms with Gasteiger partial charge in [-0.15, -0.1) is 0 Å². The molecule has 3 rings (SSSR count). The second kappa shape index (κ2) is 4.46. The Labute approximate surface area is 126 Å². The second-order valence-electron chi connectivity index (χ2n) is 7.75.